The van der Waals surface area contributed by atoms with Crippen molar-refractivity contribution in [2.24, 2.45) is 0 Å². The first-order valence-electron chi connectivity index (χ1n) is 8.35. The number of nitrogens with zero attached hydrogens (tertiary/aromatic N) is 2. The summed E-state index contributed by atoms with van der Waals surface area (Å²) in [6.45, 7) is 2.52. The monoisotopic (exact) mass is 372 g/mol. The lowest BCUT2D eigenvalue weighted by Gasteiger charge is -2.34. The third-order valence-electron chi connectivity index (χ3n) is 4.42. The lowest BCUT2D eigenvalue weighted by molar-refractivity contribution is 0.0697. The number of hydrogen-bond acceptors (Lipinski definition) is 4. The molecule has 0 atom stereocenters. The highest BCUT2D eigenvalue weighted by Crippen LogP contribution is 2.20. The number of sulfonamides is 1. The first kappa shape index (κ1) is 18.3. The minimum Gasteiger partial charge on any atom is -0.336 e. The van der Waals surface area contributed by atoms with Gasteiger partial charge in [0.2, 0.25) is 10.0 Å². The van der Waals surface area contributed by atoms with Crippen molar-refractivity contribution in [3.05, 3.63) is 65.7 Å². The van der Waals surface area contributed by atoms with E-state index in [0.29, 0.717) is 24.2 Å². The van der Waals surface area contributed by atoms with Crippen molar-refractivity contribution in [3.63, 3.8) is 0 Å². The van der Waals surface area contributed by atoms with Crippen molar-refractivity contribution in [1.82, 2.24) is 9.21 Å². The number of amides is 1. The van der Waals surface area contributed by atoms with Crippen LogP contribution in [-0.2, 0) is 10.0 Å². The van der Waals surface area contributed by atoms with Gasteiger partial charge in [0.1, 0.15) is 0 Å². The summed E-state index contributed by atoms with van der Waals surface area (Å²) in [6.07, 6.45) is 0. The molecular formula is C19H20N2O4S. The second kappa shape index (κ2) is 7.39. The van der Waals surface area contributed by atoms with Gasteiger partial charge >= 0.3 is 0 Å². The molecule has 1 saturated heterocycles. The van der Waals surface area contributed by atoms with Crippen LogP contribution in [-0.4, -0.2) is 55.5 Å². The Morgan fingerprint density at radius 3 is 2.08 bits per heavy atom. The van der Waals surface area contributed by atoms with E-state index in [1.54, 1.807) is 41.3 Å². The molecule has 136 valence electrons. The van der Waals surface area contributed by atoms with Gasteiger partial charge in [-0.15, -0.1) is 0 Å². The highest BCUT2D eigenvalue weighted by Gasteiger charge is 2.30. The molecule has 0 spiro atoms. The summed E-state index contributed by atoms with van der Waals surface area (Å²) in [5.74, 6) is -0.276. The van der Waals surface area contributed by atoms with Gasteiger partial charge in [0, 0.05) is 37.3 Å². The fraction of sp³-hybridized carbons (Fsp3) is 0.263. The van der Waals surface area contributed by atoms with Gasteiger partial charge in [0.05, 0.1) is 4.90 Å². The van der Waals surface area contributed by atoms with Gasteiger partial charge in [-0.25, -0.2) is 8.42 Å². The number of ketones is 1. The predicted octanol–water partition coefficient (Wildman–Crippen LogP) is 2.04. The van der Waals surface area contributed by atoms with Crippen LogP contribution in [0.3, 0.4) is 0 Å². The molecule has 1 amide bonds. The Morgan fingerprint density at radius 1 is 0.846 bits per heavy atom. The molecule has 2 aromatic carbocycles. The van der Waals surface area contributed by atoms with Gasteiger partial charge in [0.15, 0.2) is 5.78 Å². The van der Waals surface area contributed by atoms with Gasteiger partial charge in [0.25, 0.3) is 5.91 Å². The van der Waals surface area contributed by atoms with E-state index in [9.17, 15) is 18.0 Å². The Bertz CT molecular complexity index is 918. The van der Waals surface area contributed by atoms with Crippen LogP contribution in [0.1, 0.15) is 27.6 Å². The first-order chi connectivity index (χ1) is 12.4. The molecule has 0 aliphatic carbocycles. The maximum absolute atomic E-state index is 12.8. The van der Waals surface area contributed by atoms with Crippen LogP contribution in [0.15, 0.2) is 59.5 Å². The zero-order valence-electron chi connectivity index (χ0n) is 14.5. The smallest absolute Gasteiger partial charge is 0.253 e. The third kappa shape index (κ3) is 3.68. The van der Waals surface area contributed by atoms with Gasteiger partial charge < -0.3 is 4.90 Å². The average molecular weight is 372 g/mol. The van der Waals surface area contributed by atoms with E-state index in [-0.39, 0.29) is 29.7 Å². The van der Waals surface area contributed by atoms with Crippen LogP contribution in [0, 0.1) is 0 Å². The van der Waals surface area contributed by atoms with Crippen molar-refractivity contribution in [2.75, 3.05) is 26.2 Å². The van der Waals surface area contributed by atoms with Crippen LogP contribution >= 0.6 is 0 Å². The molecule has 1 aliphatic rings. The Labute approximate surface area is 153 Å². The number of carbonyl (C=O) groups excluding carboxylic acids is 2. The molecule has 6 nitrogen and oxygen atoms in total. The average Bonchev–Trinajstić information content (AvgIpc) is 2.68. The Morgan fingerprint density at radius 2 is 1.46 bits per heavy atom. The molecule has 2 aromatic rings. The number of rotatable bonds is 4. The maximum Gasteiger partial charge on any atom is 0.253 e. The van der Waals surface area contributed by atoms with E-state index in [4.69, 9.17) is 0 Å². The van der Waals surface area contributed by atoms with Crippen molar-refractivity contribution in [3.8, 4) is 0 Å². The molecule has 26 heavy (non-hydrogen) atoms. The van der Waals surface area contributed by atoms with Crippen molar-refractivity contribution >= 4 is 21.7 Å². The van der Waals surface area contributed by atoms with Crippen LogP contribution < -0.4 is 0 Å². The molecule has 1 heterocycles. The van der Waals surface area contributed by atoms with Gasteiger partial charge in [-0.05, 0) is 31.2 Å². The molecule has 7 heteroatoms. The summed E-state index contributed by atoms with van der Waals surface area (Å²) in [5, 5.41) is 0. The highest BCUT2D eigenvalue weighted by molar-refractivity contribution is 7.89. The fourth-order valence-corrected chi connectivity index (χ4v) is 4.39. The topological polar surface area (TPSA) is 74.8 Å². The van der Waals surface area contributed by atoms with E-state index in [1.165, 1.54) is 23.4 Å². The number of Topliss-reactive ketones (excluding diaryl/α,β-unsaturated/α-hetero) is 1. The summed E-state index contributed by atoms with van der Waals surface area (Å²) >= 11 is 0. The molecule has 1 aliphatic heterocycles. The summed E-state index contributed by atoms with van der Waals surface area (Å²) in [7, 11) is -3.69. The minimum atomic E-state index is -3.69. The van der Waals surface area contributed by atoms with Gasteiger partial charge in [-0.2, -0.15) is 4.31 Å². The molecule has 0 bridgehead atoms. The van der Waals surface area contributed by atoms with Crippen molar-refractivity contribution in [1.29, 1.82) is 0 Å². The molecule has 3 rings (SSSR count). The van der Waals surface area contributed by atoms with Crippen LogP contribution in [0.2, 0.25) is 0 Å². The Kier molecular flexibility index (Phi) is 5.20. The summed E-state index contributed by atoms with van der Waals surface area (Å²) in [4.78, 5) is 25.7. The first-order valence-corrected chi connectivity index (χ1v) is 9.79. The number of hydrogen-bond donors (Lipinski definition) is 0. The second-order valence-electron chi connectivity index (χ2n) is 6.15. The summed E-state index contributed by atoms with van der Waals surface area (Å²) < 4.78 is 27.0. The fourth-order valence-electron chi connectivity index (χ4n) is 2.92. The Balaban J connectivity index is 1.72. The van der Waals surface area contributed by atoms with Crippen molar-refractivity contribution < 1.29 is 18.0 Å². The Hall–Kier alpha value is -2.51. The standard InChI is InChI=1S/C19H20N2O4S/c1-15(22)17-8-5-9-18(14-17)26(24,25)21-12-10-20(11-13-21)19(23)16-6-3-2-4-7-16/h2-9,14H,10-13H2,1H3. The molecule has 0 saturated carbocycles. The molecule has 0 radical (unpaired) electrons. The largest absolute Gasteiger partial charge is 0.336 e. The number of benzene rings is 2. The van der Waals surface area contributed by atoms with E-state index in [2.05, 4.69) is 0 Å². The SMILES string of the molecule is CC(=O)c1cccc(S(=O)(=O)N2CCN(C(=O)c3ccccc3)CC2)c1. The molecule has 0 N–H and O–H groups in total. The van der Waals surface area contributed by atoms with Crippen LogP contribution in [0.25, 0.3) is 0 Å². The maximum atomic E-state index is 12.8. The number of piperazine rings is 1. The summed E-state index contributed by atoms with van der Waals surface area (Å²) in [5.41, 5.74) is 0.960. The quantitative estimate of drug-likeness (QED) is 0.770. The van der Waals surface area contributed by atoms with E-state index >= 15 is 0 Å². The molecule has 0 unspecified atom stereocenters. The molecular weight excluding hydrogens is 352 g/mol. The minimum absolute atomic E-state index is 0.0961. The van der Waals surface area contributed by atoms with E-state index in [0.717, 1.165) is 0 Å². The normalized spacial score (nSPS) is 15.7. The zero-order chi connectivity index (χ0) is 18.7. The third-order valence-corrected chi connectivity index (χ3v) is 6.32. The van der Waals surface area contributed by atoms with Gasteiger partial charge in [-0.1, -0.05) is 30.3 Å². The lowest BCUT2D eigenvalue weighted by atomic mass is 10.2. The molecule has 0 aromatic heterocycles. The summed E-state index contributed by atoms with van der Waals surface area (Å²) in [6, 6.07) is 15.0. The van der Waals surface area contributed by atoms with Crippen LogP contribution in [0.4, 0.5) is 0 Å². The molecule has 1 fully saturated rings. The van der Waals surface area contributed by atoms with Gasteiger partial charge in [-0.3, -0.25) is 9.59 Å². The highest BCUT2D eigenvalue weighted by atomic mass is 32.2. The van der Waals surface area contributed by atoms with Crippen LogP contribution in [0.5, 0.6) is 0 Å². The van der Waals surface area contributed by atoms with Crippen molar-refractivity contribution in [2.45, 2.75) is 11.8 Å². The van der Waals surface area contributed by atoms with E-state index < -0.39 is 10.0 Å². The second-order valence-corrected chi connectivity index (χ2v) is 8.08. The predicted molar refractivity (Wildman–Crippen MR) is 97.6 cm³/mol. The number of carbonyl (C=O) groups is 2. The van der Waals surface area contributed by atoms with E-state index in [1.807, 2.05) is 6.07 Å². The lowest BCUT2D eigenvalue weighted by Crippen LogP contribution is -2.50. The zero-order valence-corrected chi connectivity index (χ0v) is 15.3.